The SMILES string of the molecule is CCNC(=NCC(C)(O)c1ccsc1)NCCc1ccc(C(=O)OC)cc1.I. The van der Waals surface area contributed by atoms with Crippen molar-refractivity contribution in [3.8, 4) is 0 Å². The molecule has 0 amide bonds. The molecule has 2 aromatic rings. The fraction of sp³-hybridized carbons (Fsp3) is 0.400. The molecule has 6 nitrogen and oxygen atoms in total. The Hall–Kier alpha value is -1.65. The Morgan fingerprint density at radius 2 is 1.96 bits per heavy atom. The zero-order valence-corrected chi connectivity index (χ0v) is 19.5. The number of aliphatic hydroxyl groups is 1. The largest absolute Gasteiger partial charge is 0.465 e. The lowest BCUT2D eigenvalue weighted by molar-refractivity contribution is 0.0600. The number of guanidine groups is 1. The van der Waals surface area contributed by atoms with E-state index in [-0.39, 0.29) is 36.5 Å². The maximum atomic E-state index is 11.5. The summed E-state index contributed by atoms with van der Waals surface area (Å²) in [6.07, 6.45) is 0.785. The Kier molecular flexibility index (Phi) is 10.5. The summed E-state index contributed by atoms with van der Waals surface area (Å²) in [7, 11) is 1.37. The molecule has 3 N–H and O–H groups in total. The fourth-order valence-corrected chi connectivity index (χ4v) is 3.27. The number of hydrogen-bond acceptors (Lipinski definition) is 5. The summed E-state index contributed by atoms with van der Waals surface area (Å²) in [4.78, 5) is 16.0. The van der Waals surface area contributed by atoms with Crippen LogP contribution < -0.4 is 10.6 Å². The molecule has 0 saturated carbocycles. The van der Waals surface area contributed by atoms with Gasteiger partial charge in [0.15, 0.2) is 5.96 Å². The van der Waals surface area contributed by atoms with Gasteiger partial charge in [-0.05, 0) is 60.4 Å². The molecule has 0 spiro atoms. The second kappa shape index (κ2) is 12.0. The average Bonchev–Trinajstić information content (AvgIpc) is 3.22. The van der Waals surface area contributed by atoms with Gasteiger partial charge in [0.1, 0.15) is 5.60 Å². The molecule has 0 aliphatic rings. The topological polar surface area (TPSA) is 83.0 Å². The molecule has 28 heavy (non-hydrogen) atoms. The smallest absolute Gasteiger partial charge is 0.337 e. The highest BCUT2D eigenvalue weighted by Crippen LogP contribution is 2.23. The molecular weight excluding hydrogens is 489 g/mol. The highest BCUT2D eigenvalue weighted by molar-refractivity contribution is 14.0. The van der Waals surface area contributed by atoms with Gasteiger partial charge in [-0.15, -0.1) is 24.0 Å². The van der Waals surface area contributed by atoms with Gasteiger partial charge in [0, 0.05) is 13.1 Å². The number of nitrogens with one attached hydrogen (secondary N) is 2. The first-order valence-corrected chi connectivity index (χ1v) is 9.85. The Balaban J connectivity index is 0.00000392. The van der Waals surface area contributed by atoms with Gasteiger partial charge >= 0.3 is 5.97 Å². The van der Waals surface area contributed by atoms with Crippen molar-refractivity contribution in [2.24, 2.45) is 4.99 Å². The van der Waals surface area contributed by atoms with Crippen LogP contribution in [0.4, 0.5) is 0 Å². The minimum atomic E-state index is -0.994. The van der Waals surface area contributed by atoms with E-state index >= 15 is 0 Å². The van der Waals surface area contributed by atoms with Crippen molar-refractivity contribution in [2.75, 3.05) is 26.7 Å². The zero-order chi connectivity index (χ0) is 19.7. The summed E-state index contributed by atoms with van der Waals surface area (Å²) in [5.74, 6) is 0.332. The fourth-order valence-electron chi connectivity index (χ4n) is 2.49. The van der Waals surface area contributed by atoms with E-state index in [4.69, 9.17) is 4.74 Å². The number of hydrogen-bond donors (Lipinski definition) is 3. The molecule has 8 heteroatoms. The van der Waals surface area contributed by atoms with Crippen molar-refractivity contribution in [1.29, 1.82) is 0 Å². The predicted octanol–water partition coefficient (Wildman–Crippen LogP) is 3.16. The summed E-state index contributed by atoms with van der Waals surface area (Å²) >= 11 is 1.56. The van der Waals surface area contributed by atoms with Gasteiger partial charge in [-0.2, -0.15) is 11.3 Å². The molecule has 1 aromatic heterocycles. The van der Waals surface area contributed by atoms with Crippen LogP contribution in [0, 0.1) is 0 Å². The van der Waals surface area contributed by atoms with Crippen molar-refractivity contribution < 1.29 is 14.6 Å². The summed E-state index contributed by atoms with van der Waals surface area (Å²) in [5, 5.41) is 20.9. The van der Waals surface area contributed by atoms with E-state index in [0.29, 0.717) is 18.1 Å². The van der Waals surface area contributed by atoms with E-state index in [0.717, 1.165) is 24.1 Å². The number of nitrogens with zero attached hydrogens (tertiary/aromatic N) is 1. The van der Waals surface area contributed by atoms with Gasteiger partial charge < -0.3 is 20.5 Å². The maximum Gasteiger partial charge on any atom is 0.337 e. The summed E-state index contributed by atoms with van der Waals surface area (Å²) in [5.41, 5.74) is 1.53. The predicted molar refractivity (Wildman–Crippen MR) is 125 cm³/mol. The monoisotopic (exact) mass is 517 g/mol. The standard InChI is InChI=1S/C20H27N3O3S.HI/c1-4-21-19(23-14-20(2,25)17-10-12-27-13-17)22-11-9-15-5-7-16(8-6-15)18(24)26-3;/h5-8,10,12-13,25H,4,9,11,14H2,1-3H3,(H2,21,22,23);1H. The van der Waals surface area contributed by atoms with Crippen molar-refractivity contribution in [3.05, 3.63) is 57.8 Å². The van der Waals surface area contributed by atoms with Gasteiger partial charge in [0.05, 0.1) is 19.2 Å². The normalized spacial score (nSPS) is 13.2. The van der Waals surface area contributed by atoms with E-state index < -0.39 is 5.60 Å². The van der Waals surface area contributed by atoms with Crippen molar-refractivity contribution in [1.82, 2.24) is 10.6 Å². The van der Waals surface area contributed by atoms with Crippen LogP contribution in [0.5, 0.6) is 0 Å². The quantitative estimate of drug-likeness (QED) is 0.217. The second-order valence-corrected chi connectivity index (χ2v) is 7.13. The van der Waals surface area contributed by atoms with E-state index in [1.807, 2.05) is 35.9 Å². The second-order valence-electron chi connectivity index (χ2n) is 6.35. The Bertz CT molecular complexity index is 747. The highest BCUT2D eigenvalue weighted by Gasteiger charge is 2.23. The van der Waals surface area contributed by atoms with Crippen LogP contribution in [-0.4, -0.2) is 43.8 Å². The molecule has 0 bridgehead atoms. The van der Waals surface area contributed by atoms with Crippen molar-refractivity contribution >= 4 is 47.2 Å². The number of benzene rings is 1. The Labute approximate surface area is 187 Å². The molecule has 0 aliphatic carbocycles. The third-order valence-electron chi connectivity index (χ3n) is 4.11. The van der Waals surface area contributed by atoms with Crippen LogP contribution in [0.1, 0.15) is 35.3 Å². The minimum absolute atomic E-state index is 0. The van der Waals surface area contributed by atoms with Crippen molar-refractivity contribution in [2.45, 2.75) is 25.9 Å². The zero-order valence-electron chi connectivity index (χ0n) is 16.4. The lowest BCUT2D eigenvalue weighted by Crippen LogP contribution is -2.39. The molecular formula is C20H28IN3O3S. The third kappa shape index (κ3) is 7.40. The molecule has 0 radical (unpaired) electrons. The lowest BCUT2D eigenvalue weighted by atomic mass is 10.00. The number of ether oxygens (including phenoxy) is 1. The molecule has 0 fully saturated rings. The van der Waals surface area contributed by atoms with Crippen LogP contribution >= 0.6 is 35.3 Å². The first-order chi connectivity index (χ1) is 13.0. The van der Waals surface area contributed by atoms with E-state index in [1.165, 1.54) is 7.11 Å². The van der Waals surface area contributed by atoms with E-state index in [9.17, 15) is 9.90 Å². The highest BCUT2D eigenvalue weighted by atomic mass is 127. The van der Waals surface area contributed by atoms with Crippen LogP contribution in [0.25, 0.3) is 0 Å². The van der Waals surface area contributed by atoms with Gasteiger partial charge in [-0.1, -0.05) is 12.1 Å². The van der Waals surface area contributed by atoms with Gasteiger partial charge in [0.2, 0.25) is 0 Å². The van der Waals surface area contributed by atoms with Crippen LogP contribution in [0.3, 0.4) is 0 Å². The van der Waals surface area contributed by atoms with Crippen molar-refractivity contribution in [3.63, 3.8) is 0 Å². The molecule has 2 rings (SSSR count). The number of halogens is 1. The van der Waals surface area contributed by atoms with Crippen LogP contribution in [-0.2, 0) is 16.8 Å². The first-order valence-electron chi connectivity index (χ1n) is 8.90. The first kappa shape index (κ1) is 24.4. The number of carbonyl (C=O) groups excluding carboxylic acids is 1. The number of carbonyl (C=O) groups is 1. The molecule has 1 unspecified atom stereocenters. The average molecular weight is 517 g/mol. The Morgan fingerprint density at radius 3 is 2.54 bits per heavy atom. The lowest BCUT2D eigenvalue weighted by Gasteiger charge is -2.21. The minimum Gasteiger partial charge on any atom is -0.465 e. The Morgan fingerprint density at radius 1 is 1.25 bits per heavy atom. The summed E-state index contributed by atoms with van der Waals surface area (Å²) < 4.78 is 4.70. The molecule has 1 atom stereocenters. The molecule has 154 valence electrons. The van der Waals surface area contributed by atoms with Gasteiger partial charge in [0.25, 0.3) is 0 Å². The summed E-state index contributed by atoms with van der Waals surface area (Å²) in [6.45, 7) is 5.46. The molecule has 1 heterocycles. The third-order valence-corrected chi connectivity index (χ3v) is 4.80. The number of methoxy groups -OCH3 is 1. The van der Waals surface area contributed by atoms with Crippen LogP contribution in [0.15, 0.2) is 46.1 Å². The van der Waals surface area contributed by atoms with E-state index in [2.05, 4.69) is 15.6 Å². The molecule has 0 aliphatic heterocycles. The number of thiophene rings is 1. The maximum absolute atomic E-state index is 11.5. The van der Waals surface area contributed by atoms with E-state index in [1.54, 1.807) is 30.4 Å². The summed E-state index contributed by atoms with van der Waals surface area (Å²) in [6, 6.07) is 9.27. The van der Waals surface area contributed by atoms with Gasteiger partial charge in [-0.3, -0.25) is 0 Å². The molecule has 0 saturated heterocycles. The number of rotatable bonds is 8. The van der Waals surface area contributed by atoms with Crippen LogP contribution in [0.2, 0.25) is 0 Å². The molecule has 1 aromatic carbocycles. The van der Waals surface area contributed by atoms with Gasteiger partial charge in [-0.25, -0.2) is 9.79 Å². The number of aliphatic imine (C=N–C) groups is 1. The number of esters is 1.